The molecule has 1 aliphatic heterocycles. The van der Waals surface area contributed by atoms with Crippen LogP contribution in [0.25, 0.3) is 0 Å². The number of benzene rings is 2. The van der Waals surface area contributed by atoms with Crippen molar-refractivity contribution in [3.8, 4) is 0 Å². The third-order valence-corrected chi connectivity index (χ3v) is 10.5. The summed E-state index contributed by atoms with van der Waals surface area (Å²) in [6.45, 7) is 18.3. The summed E-state index contributed by atoms with van der Waals surface area (Å²) in [5.74, 6) is 1.95. The molecule has 2 bridgehead atoms. The summed E-state index contributed by atoms with van der Waals surface area (Å²) in [6.07, 6.45) is 4.72. The predicted octanol–water partition coefficient (Wildman–Crippen LogP) is 8.26. The normalized spacial score (nSPS) is 21.1. The molecule has 8 heteroatoms. The average Bonchev–Trinajstić information content (AvgIpc) is 3.00. The van der Waals surface area contributed by atoms with Crippen LogP contribution in [-0.4, -0.2) is 72.6 Å². The van der Waals surface area contributed by atoms with Crippen molar-refractivity contribution in [1.82, 2.24) is 14.7 Å². The Bertz CT molecular complexity index is 1330. The monoisotopic (exact) mass is 619 g/mol. The molecule has 238 valence electrons. The molecule has 2 unspecified atom stereocenters. The lowest BCUT2D eigenvalue weighted by molar-refractivity contribution is -0.00969. The van der Waals surface area contributed by atoms with Gasteiger partial charge in [0, 0.05) is 62.2 Å². The van der Waals surface area contributed by atoms with Gasteiger partial charge >= 0.3 is 12.1 Å². The van der Waals surface area contributed by atoms with Crippen LogP contribution >= 0.6 is 11.6 Å². The minimum Gasteiger partial charge on any atom is -0.322 e. The smallest absolute Gasteiger partial charge is 0.322 e. The number of urea groups is 2. The second-order valence-electron chi connectivity index (χ2n) is 14.1. The lowest BCUT2D eigenvalue weighted by atomic mass is 9.49. The Morgan fingerprint density at radius 3 is 2.16 bits per heavy atom. The number of para-hydroxylation sites is 1. The third-order valence-electron chi connectivity index (χ3n) is 10.3. The number of allylic oxidation sites excluding steroid dienone is 1. The molecule has 44 heavy (non-hydrogen) atoms. The topological polar surface area (TPSA) is 67.9 Å². The maximum absolute atomic E-state index is 13.6. The van der Waals surface area contributed by atoms with Gasteiger partial charge in [-0.15, -0.1) is 0 Å². The molecule has 2 atom stereocenters. The van der Waals surface area contributed by atoms with Gasteiger partial charge in [0.1, 0.15) is 0 Å². The highest BCUT2D eigenvalue weighted by atomic mass is 35.5. The number of nitrogens with zero attached hydrogens (tertiary/aromatic N) is 3. The van der Waals surface area contributed by atoms with Gasteiger partial charge in [-0.1, -0.05) is 83.0 Å². The van der Waals surface area contributed by atoms with E-state index in [-0.39, 0.29) is 12.1 Å². The quantitative estimate of drug-likeness (QED) is 0.278. The summed E-state index contributed by atoms with van der Waals surface area (Å²) in [5, 5.41) is 7.00. The van der Waals surface area contributed by atoms with Crippen molar-refractivity contribution >= 4 is 35.0 Å². The first-order valence-corrected chi connectivity index (χ1v) is 16.7. The molecule has 2 aromatic carbocycles. The Morgan fingerprint density at radius 2 is 1.59 bits per heavy atom. The van der Waals surface area contributed by atoms with E-state index in [9.17, 15) is 9.59 Å². The van der Waals surface area contributed by atoms with Gasteiger partial charge in [0.2, 0.25) is 0 Å². The summed E-state index contributed by atoms with van der Waals surface area (Å²) in [5.41, 5.74) is 5.76. The summed E-state index contributed by atoms with van der Waals surface area (Å²) < 4.78 is 0. The van der Waals surface area contributed by atoms with Crippen LogP contribution in [0.4, 0.5) is 21.0 Å². The van der Waals surface area contributed by atoms with Crippen LogP contribution < -0.4 is 10.6 Å². The van der Waals surface area contributed by atoms with Gasteiger partial charge in [-0.05, 0) is 77.3 Å². The van der Waals surface area contributed by atoms with Crippen molar-refractivity contribution < 1.29 is 9.59 Å². The van der Waals surface area contributed by atoms with E-state index in [1.54, 1.807) is 12.1 Å². The maximum atomic E-state index is 13.6. The van der Waals surface area contributed by atoms with Crippen LogP contribution in [0.2, 0.25) is 5.02 Å². The largest absolute Gasteiger partial charge is 0.322 e. The van der Waals surface area contributed by atoms with E-state index < -0.39 is 0 Å². The molecule has 1 saturated carbocycles. The highest BCUT2D eigenvalue weighted by molar-refractivity contribution is 6.30. The van der Waals surface area contributed by atoms with Crippen molar-refractivity contribution in [3.63, 3.8) is 0 Å². The molecule has 3 aliphatic carbocycles. The molecule has 1 heterocycles. The number of rotatable bonds is 9. The fourth-order valence-corrected chi connectivity index (χ4v) is 7.31. The van der Waals surface area contributed by atoms with Crippen molar-refractivity contribution in [2.24, 2.45) is 17.3 Å². The Kier molecular flexibility index (Phi) is 9.96. The zero-order valence-electron chi connectivity index (χ0n) is 27.3. The SMILES string of the molecule is CC(C)c1cccc(C(C)C)c1NC(=O)N1CCN(CCN(CC2=CCC3CC2C3(C)C)C(=O)Nc2ccc(Cl)cc2)CC1. The highest BCUT2D eigenvalue weighted by Gasteiger charge is 2.51. The summed E-state index contributed by atoms with van der Waals surface area (Å²) >= 11 is 6.07. The van der Waals surface area contributed by atoms with E-state index in [4.69, 9.17) is 11.6 Å². The molecule has 2 N–H and O–H groups in total. The number of hydrogen-bond acceptors (Lipinski definition) is 3. The van der Waals surface area contributed by atoms with Gasteiger partial charge in [0.25, 0.3) is 0 Å². The van der Waals surface area contributed by atoms with Crippen LogP contribution in [0.3, 0.4) is 0 Å². The second-order valence-corrected chi connectivity index (χ2v) is 14.5. The Hall–Kier alpha value is -3.03. The minimum atomic E-state index is -0.0877. The molecule has 2 fully saturated rings. The Morgan fingerprint density at radius 1 is 0.955 bits per heavy atom. The zero-order chi connectivity index (χ0) is 31.6. The highest BCUT2D eigenvalue weighted by Crippen LogP contribution is 2.59. The van der Waals surface area contributed by atoms with E-state index in [2.05, 4.69) is 81.4 Å². The van der Waals surface area contributed by atoms with Crippen LogP contribution in [0.15, 0.2) is 54.1 Å². The number of amides is 4. The Balaban J connectivity index is 1.19. The molecule has 4 amide bonds. The molecule has 7 nitrogen and oxygen atoms in total. The standard InChI is InChI=1S/C36H50ClN5O2/c1-24(2)30-8-7-9-31(25(3)4)33(30)39-35(44)41-19-16-40(17-20-41)18-21-42(34(43)38-29-14-12-28(37)13-15-29)23-26-10-11-27-22-32(26)36(27,5)6/h7-10,12-15,24-25,27,32H,11,16-23H2,1-6H3,(H,38,43)(H,39,44). The zero-order valence-corrected chi connectivity index (χ0v) is 28.1. The van der Waals surface area contributed by atoms with Gasteiger partial charge < -0.3 is 20.4 Å². The van der Waals surface area contributed by atoms with Gasteiger partial charge in [-0.25, -0.2) is 9.59 Å². The van der Waals surface area contributed by atoms with Gasteiger partial charge in [-0.3, -0.25) is 4.90 Å². The predicted molar refractivity (Wildman–Crippen MR) is 182 cm³/mol. The third kappa shape index (κ3) is 7.10. The van der Waals surface area contributed by atoms with E-state index in [0.29, 0.717) is 54.4 Å². The molecule has 6 rings (SSSR count). The van der Waals surface area contributed by atoms with Crippen molar-refractivity contribution in [2.45, 2.75) is 66.2 Å². The number of nitrogens with one attached hydrogen (secondary N) is 2. The molecule has 0 radical (unpaired) electrons. The number of halogens is 1. The number of anilines is 2. The van der Waals surface area contributed by atoms with Gasteiger partial charge in [0.15, 0.2) is 0 Å². The fraction of sp³-hybridized carbons (Fsp3) is 0.556. The van der Waals surface area contributed by atoms with Crippen LogP contribution in [0, 0.1) is 17.3 Å². The van der Waals surface area contributed by atoms with Crippen LogP contribution in [0.1, 0.15) is 77.3 Å². The molecule has 4 aliphatic rings. The van der Waals surface area contributed by atoms with Gasteiger partial charge in [-0.2, -0.15) is 0 Å². The van der Waals surface area contributed by atoms with Crippen molar-refractivity contribution in [2.75, 3.05) is 56.4 Å². The summed E-state index contributed by atoms with van der Waals surface area (Å²) in [7, 11) is 0. The summed E-state index contributed by atoms with van der Waals surface area (Å²) in [6, 6.07) is 13.5. The molecule has 0 aromatic heterocycles. The molecular formula is C36H50ClN5O2. The molecule has 1 saturated heterocycles. The molecule has 2 aromatic rings. The first-order valence-electron chi connectivity index (χ1n) is 16.4. The van der Waals surface area contributed by atoms with E-state index in [1.807, 2.05) is 21.9 Å². The lowest BCUT2D eigenvalue weighted by Crippen LogP contribution is -2.53. The second kappa shape index (κ2) is 13.5. The maximum Gasteiger partial charge on any atom is 0.322 e. The summed E-state index contributed by atoms with van der Waals surface area (Å²) in [4.78, 5) is 33.2. The van der Waals surface area contributed by atoms with E-state index in [0.717, 1.165) is 43.3 Å². The average molecular weight is 620 g/mol. The fourth-order valence-electron chi connectivity index (χ4n) is 7.18. The first-order chi connectivity index (χ1) is 20.9. The number of carbonyl (C=O) groups is 2. The van der Waals surface area contributed by atoms with Crippen molar-refractivity contribution in [1.29, 1.82) is 0 Å². The van der Waals surface area contributed by atoms with Crippen molar-refractivity contribution in [3.05, 3.63) is 70.3 Å². The molecular weight excluding hydrogens is 570 g/mol. The molecule has 0 spiro atoms. The number of hydrogen-bond donors (Lipinski definition) is 2. The Labute approximate surface area is 269 Å². The number of fused-ring (bicyclic) bond motifs is 1. The van der Waals surface area contributed by atoms with Crippen LogP contribution in [-0.2, 0) is 0 Å². The van der Waals surface area contributed by atoms with E-state index >= 15 is 0 Å². The van der Waals surface area contributed by atoms with Crippen LogP contribution in [0.5, 0.6) is 0 Å². The minimum absolute atomic E-state index is 0.0331. The first kappa shape index (κ1) is 32.4. The lowest BCUT2D eigenvalue weighted by Gasteiger charge is -2.57. The van der Waals surface area contributed by atoms with Gasteiger partial charge in [0.05, 0.1) is 0 Å². The number of piperazine rings is 1. The number of carbonyl (C=O) groups excluding carboxylic acids is 2. The van der Waals surface area contributed by atoms with E-state index in [1.165, 1.54) is 23.1 Å².